The van der Waals surface area contributed by atoms with Crippen LogP contribution in [0.15, 0.2) is 48.7 Å². The van der Waals surface area contributed by atoms with Gasteiger partial charge >= 0.3 is 0 Å². The van der Waals surface area contributed by atoms with Crippen molar-refractivity contribution in [2.45, 2.75) is 20.6 Å². The van der Waals surface area contributed by atoms with Gasteiger partial charge in [0.2, 0.25) is 0 Å². The van der Waals surface area contributed by atoms with Crippen LogP contribution in [0.4, 0.5) is 0 Å². The lowest BCUT2D eigenvalue weighted by Gasteiger charge is -1.96. The Kier molecular flexibility index (Phi) is 3.73. The summed E-state index contributed by atoms with van der Waals surface area (Å²) in [6.07, 6.45) is 1.56. The Morgan fingerprint density at radius 3 is 2.91 bits per heavy atom. The minimum absolute atomic E-state index is 0.702. The molecule has 0 N–H and O–H groups in total. The van der Waals surface area contributed by atoms with Crippen molar-refractivity contribution in [3.63, 3.8) is 0 Å². The van der Waals surface area contributed by atoms with Gasteiger partial charge in [0.05, 0.1) is 0 Å². The number of nitrogens with zero attached hydrogens (tertiary/aromatic N) is 4. The Balaban J connectivity index is 1.77. The molecule has 110 valence electrons. The van der Waals surface area contributed by atoms with Crippen LogP contribution in [0.2, 0.25) is 0 Å². The van der Waals surface area contributed by atoms with Crippen molar-refractivity contribution in [3.8, 4) is 0 Å². The minimum Gasteiger partial charge on any atom is -0.451 e. The van der Waals surface area contributed by atoms with E-state index >= 15 is 0 Å². The van der Waals surface area contributed by atoms with Gasteiger partial charge in [-0.3, -0.25) is 0 Å². The Morgan fingerprint density at radius 1 is 1.14 bits per heavy atom. The van der Waals surface area contributed by atoms with Crippen molar-refractivity contribution in [2.75, 3.05) is 5.75 Å². The quantitative estimate of drug-likeness (QED) is 0.398. The molecule has 0 spiro atoms. The van der Waals surface area contributed by atoms with Crippen LogP contribution < -0.4 is 0 Å². The van der Waals surface area contributed by atoms with E-state index in [1.165, 1.54) is 11.8 Å². The second kappa shape index (κ2) is 5.86. The lowest BCUT2D eigenvalue weighted by molar-refractivity contribution is 0.653. The van der Waals surface area contributed by atoms with Crippen molar-refractivity contribution < 1.29 is 4.42 Å². The Morgan fingerprint density at radius 2 is 2.00 bits per heavy atom. The van der Waals surface area contributed by atoms with E-state index in [-0.39, 0.29) is 0 Å². The summed E-state index contributed by atoms with van der Waals surface area (Å²) in [4.78, 5) is 8.69. The first-order chi connectivity index (χ1) is 10.8. The highest BCUT2D eigenvalue weighted by Gasteiger charge is 2.15. The number of aromatic nitrogens is 4. The summed E-state index contributed by atoms with van der Waals surface area (Å²) in [5.41, 5.74) is 2.36. The molecule has 0 radical (unpaired) electrons. The first kappa shape index (κ1) is 14.0. The lowest BCUT2D eigenvalue weighted by atomic mass is 10.2. The molecule has 0 aliphatic heterocycles. The molecule has 0 saturated heterocycles. The van der Waals surface area contributed by atoms with Gasteiger partial charge in [0, 0.05) is 5.39 Å². The molecule has 4 aromatic rings. The molecule has 8 heteroatoms. The largest absolute Gasteiger partial charge is 0.451 e. The van der Waals surface area contributed by atoms with Gasteiger partial charge in [-0.15, -0.1) is 10.2 Å². The Hall–Kier alpha value is -1.64. The second-order valence-corrected chi connectivity index (χ2v) is 8.05. The molecule has 3 aromatic heterocycles. The molecule has 0 aliphatic rings. The third-order valence-corrected chi connectivity index (χ3v) is 5.94. The summed E-state index contributed by atoms with van der Waals surface area (Å²) in [6.45, 7) is 2.10. The molecule has 0 bridgehead atoms. The van der Waals surface area contributed by atoms with Gasteiger partial charge in [0.1, 0.15) is 22.5 Å². The predicted molar refractivity (Wildman–Crippen MR) is 89.7 cm³/mol. The van der Waals surface area contributed by atoms with E-state index < -0.39 is 0 Å². The van der Waals surface area contributed by atoms with Crippen molar-refractivity contribution in [1.82, 2.24) is 20.2 Å². The monoisotopic (exact) mass is 346 g/mol. The number of benzene rings is 1. The first-order valence-corrected chi connectivity index (χ1v) is 9.23. The van der Waals surface area contributed by atoms with Crippen LogP contribution in [0.1, 0.15) is 6.92 Å². The number of rotatable bonds is 4. The minimum atomic E-state index is 0.702. The van der Waals surface area contributed by atoms with Gasteiger partial charge in [0.15, 0.2) is 14.3 Å². The third-order valence-electron chi connectivity index (χ3n) is 2.97. The molecule has 0 aliphatic carbocycles. The van der Waals surface area contributed by atoms with E-state index in [0.717, 1.165) is 35.9 Å². The molecule has 3 heterocycles. The number of hydrogen-bond donors (Lipinski definition) is 0. The third kappa shape index (κ3) is 2.47. The van der Waals surface area contributed by atoms with Crippen LogP contribution in [0.5, 0.6) is 0 Å². The van der Waals surface area contributed by atoms with Gasteiger partial charge < -0.3 is 4.42 Å². The molecular formula is C14H10N4OS3. The smallest absolute Gasteiger partial charge is 0.186 e. The van der Waals surface area contributed by atoms with Crippen LogP contribution in [0.3, 0.4) is 0 Å². The maximum atomic E-state index is 5.92. The molecule has 5 nitrogen and oxygen atoms in total. The molecule has 4 rings (SSSR count). The van der Waals surface area contributed by atoms with Gasteiger partial charge in [-0.2, -0.15) is 0 Å². The molecular weight excluding hydrogens is 336 g/mol. The van der Waals surface area contributed by atoms with Crippen LogP contribution >= 0.6 is 34.9 Å². The fourth-order valence-electron chi connectivity index (χ4n) is 2.08. The van der Waals surface area contributed by atoms with Gasteiger partial charge in [-0.05, 0) is 29.6 Å². The average Bonchev–Trinajstić information content (AvgIpc) is 3.13. The maximum absolute atomic E-state index is 5.92. The molecule has 22 heavy (non-hydrogen) atoms. The zero-order chi connectivity index (χ0) is 14.9. The Labute approximate surface area is 138 Å². The maximum Gasteiger partial charge on any atom is 0.186 e. The molecule has 1 aromatic carbocycles. The van der Waals surface area contributed by atoms with Crippen molar-refractivity contribution >= 4 is 56.9 Å². The van der Waals surface area contributed by atoms with E-state index in [4.69, 9.17) is 4.42 Å². The van der Waals surface area contributed by atoms with Crippen LogP contribution in [0, 0.1) is 0 Å². The highest BCUT2D eigenvalue weighted by Crippen LogP contribution is 2.37. The number of fused-ring (bicyclic) bond motifs is 3. The van der Waals surface area contributed by atoms with Gasteiger partial charge in [0.25, 0.3) is 0 Å². The number of hydrogen-bond acceptors (Lipinski definition) is 8. The summed E-state index contributed by atoms with van der Waals surface area (Å²) in [6, 6.07) is 7.87. The fourth-order valence-corrected chi connectivity index (χ4v) is 4.94. The van der Waals surface area contributed by atoms with Gasteiger partial charge in [-0.25, -0.2) is 9.97 Å². The van der Waals surface area contributed by atoms with Crippen LogP contribution in [-0.2, 0) is 0 Å². The summed E-state index contributed by atoms with van der Waals surface area (Å²) in [5.74, 6) is 0.987. The highest BCUT2D eigenvalue weighted by atomic mass is 32.2. The predicted octanol–water partition coefficient (Wildman–Crippen LogP) is 4.49. The van der Waals surface area contributed by atoms with E-state index in [1.54, 1.807) is 29.4 Å². The van der Waals surface area contributed by atoms with Crippen LogP contribution in [0.25, 0.3) is 22.1 Å². The number of thioether (sulfide) groups is 1. The summed E-state index contributed by atoms with van der Waals surface area (Å²) in [5, 5.41) is 10.1. The van der Waals surface area contributed by atoms with Crippen molar-refractivity contribution in [1.29, 1.82) is 0 Å². The summed E-state index contributed by atoms with van der Waals surface area (Å²) in [7, 11) is 0. The van der Waals surface area contributed by atoms with E-state index in [0.29, 0.717) is 5.58 Å². The molecule has 0 amide bonds. The topological polar surface area (TPSA) is 64.7 Å². The molecule has 0 atom stereocenters. The number of furan rings is 1. The molecule has 0 unspecified atom stereocenters. The standard InChI is InChI=1S/C14H10N4OS3/c1-2-20-13-17-18-14(22-13)21-12-11-10(15-7-16-12)8-5-3-4-6-9(8)19-11/h3-7H,2H2,1H3. The van der Waals surface area contributed by atoms with Crippen molar-refractivity contribution in [2.24, 2.45) is 0 Å². The zero-order valence-electron chi connectivity index (χ0n) is 11.5. The van der Waals surface area contributed by atoms with Crippen molar-refractivity contribution in [3.05, 3.63) is 30.6 Å². The molecule has 0 fully saturated rings. The van der Waals surface area contributed by atoms with E-state index in [9.17, 15) is 0 Å². The zero-order valence-corrected chi connectivity index (χ0v) is 14.0. The second-order valence-electron chi connectivity index (χ2n) is 4.32. The number of para-hydroxylation sites is 1. The molecule has 0 saturated carbocycles. The summed E-state index contributed by atoms with van der Waals surface area (Å²) < 4.78 is 7.75. The average molecular weight is 346 g/mol. The first-order valence-electron chi connectivity index (χ1n) is 6.61. The van der Waals surface area contributed by atoms with E-state index in [2.05, 4.69) is 27.1 Å². The SMILES string of the molecule is CCSc1nnc(Sc2ncnc3c2oc2ccccc23)s1. The van der Waals surface area contributed by atoms with E-state index in [1.807, 2.05) is 24.3 Å². The van der Waals surface area contributed by atoms with Crippen LogP contribution in [-0.4, -0.2) is 25.9 Å². The highest BCUT2D eigenvalue weighted by molar-refractivity contribution is 8.03. The normalized spacial score (nSPS) is 11.5. The van der Waals surface area contributed by atoms with Gasteiger partial charge in [-0.1, -0.05) is 42.2 Å². The lowest BCUT2D eigenvalue weighted by Crippen LogP contribution is -1.83. The summed E-state index contributed by atoms with van der Waals surface area (Å²) >= 11 is 4.72. The Bertz CT molecular complexity index is 949. The fraction of sp³-hybridized carbons (Fsp3) is 0.143.